The zero-order chi connectivity index (χ0) is 13.8. The molecule has 1 aromatic carbocycles. The number of nitro groups is 1. The normalized spacial score (nSPS) is 17.4. The van der Waals surface area contributed by atoms with Crippen LogP contribution in [0.3, 0.4) is 0 Å². The van der Waals surface area contributed by atoms with Crippen molar-refractivity contribution in [3.63, 3.8) is 0 Å². The van der Waals surface area contributed by atoms with Crippen LogP contribution in [0.2, 0.25) is 0 Å². The Hall–Kier alpha value is -1.69. The zero-order valence-corrected chi connectivity index (χ0v) is 10.9. The lowest BCUT2D eigenvalue weighted by molar-refractivity contribution is -0.386. The number of halogens is 1. The third-order valence-corrected chi connectivity index (χ3v) is 3.30. The molecule has 1 N–H and O–H groups in total. The number of para-hydroxylation sites is 1. The molecule has 0 aromatic heterocycles. The van der Waals surface area contributed by atoms with Crippen LogP contribution in [0.4, 0.5) is 15.8 Å². The van der Waals surface area contributed by atoms with Gasteiger partial charge < -0.3 is 10.2 Å². The smallest absolute Gasteiger partial charge is 0.327 e. The predicted molar refractivity (Wildman–Crippen MR) is 71.8 cm³/mol. The number of anilines is 1. The van der Waals surface area contributed by atoms with Crippen molar-refractivity contribution in [2.45, 2.75) is 25.8 Å². The molecule has 104 valence electrons. The number of benzene rings is 1. The van der Waals surface area contributed by atoms with Crippen LogP contribution in [0, 0.1) is 15.9 Å². The molecular weight excluding hydrogens is 249 g/mol. The van der Waals surface area contributed by atoms with E-state index >= 15 is 0 Å². The summed E-state index contributed by atoms with van der Waals surface area (Å²) in [6, 6.07) is 4.17. The topological polar surface area (TPSA) is 58.4 Å². The Balaban J connectivity index is 2.05. The lowest BCUT2D eigenvalue weighted by Crippen LogP contribution is -2.33. The molecule has 0 spiro atoms. The highest BCUT2D eigenvalue weighted by Crippen LogP contribution is 2.27. The number of hydrogen-bond acceptors (Lipinski definition) is 4. The summed E-state index contributed by atoms with van der Waals surface area (Å²) in [5.74, 6) is -0.802. The molecule has 0 amide bonds. The van der Waals surface area contributed by atoms with Crippen molar-refractivity contribution in [2.75, 3.05) is 25.0 Å². The van der Waals surface area contributed by atoms with E-state index < -0.39 is 16.4 Å². The van der Waals surface area contributed by atoms with Crippen LogP contribution in [-0.4, -0.2) is 35.5 Å². The van der Waals surface area contributed by atoms with E-state index in [1.54, 1.807) is 6.07 Å². The first-order valence-corrected chi connectivity index (χ1v) is 6.49. The Morgan fingerprint density at radius 2 is 2.16 bits per heavy atom. The van der Waals surface area contributed by atoms with Gasteiger partial charge in [-0.1, -0.05) is 6.07 Å². The van der Waals surface area contributed by atoms with Crippen molar-refractivity contribution in [1.29, 1.82) is 0 Å². The molecule has 0 aliphatic carbocycles. The Bertz CT molecular complexity index is 461. The Labute approximate surface area is 111 Å². The monoisotopic (exact) mass is 267 g/mol. The number of rotatable bonds is 5. The van der Waals surface area contributed by atoms with Crippen molar-refractivity contribution < 1.29 is 9.31 Å². The van der Waals surface area contributed by atoms with Gasteiger partial charge >= 0.3 is 5.69 Å². The molecule has 6 heteroatoms. The maximum Gasteiger partial charge on any atom is 0.327 e. The van der Waals surface area contributed by atoms with E-state index in [1.165, 1.54) is 18.9 Å². The van der Waals surface area contributed by atoms with Crippen molar-refractivity contribution in [1.82, 2.24) is 4.90 Å². The lowest BCUT2D eigenvalue weighted by atomic mass is 10.2. The molecule has 1 fully saturated rings. The molecule has 1 aliphatic rings. The summed E-state index contributed by atoms with van der Waals surface area (Å²) in [5, 5.41) is 13.9. The zero-order valence-electron chi connectivity index (χ0n) is 10.9. The van der Waals surface area contributed by atoms with Crippen molar-refractivity contribution in [2.24, 2.45) is 0 Å². The van der Waals surface area contributed by atoms with Crippen LogP contribution in [-0.2, 0) is 0 Å². The fourth-order valence-electron chi connectivity index (χ4n) is 2.48. The van der Waals surface area contributed by atoms with Gasteiger partial charge in [0.25, 0.3) is 0 Å². The molecule has 0 saturated carbocycles. The molecule has 1 atom stereocenters. The number of nitrogens with one attached hydrogen (secondary N) is 1. The minimum atomic E-state index is -0.802. The van der Waals surface area contributed by atoms with Crippen LogP contribution in [0.25, 0.3) is 0 Å². The molecule has 5 nitrogen and oxygen atoms in total. The first kappa shape index (κ1) is 13.7. The first-order chi connectivity index (χ1) is 9.08. The summed E-state index contributed by atoms with van der Waals surface area (Å²) in [6.45, 7) is 4.90. The van der Waals surface area contributed by atoms with Gasteiger partial charge in [-0.25, -0.2) is 0 Å². The molecule has 2 rings (SSSR count). The van der Waals surface area contributed by atoms with Gasteiger partial charge in [-0.2, -0.15) is 4.39 Å². The van der Waals surface area contributed by atoms with E-state index in [-0.39, 0.29) is 11.7 Å². The van der Waals surface area contributed by atoms with E-state index in [1.807, 2.05) is 6.92 Å². The van der Waals surface area contributed by atoms with E-state index in [0.717, 1.165) is 25.7 Å². The van der Waals surface area contributed by atoms with Crippen molar-refractivity contribution in [3.05, 3.63) is 34.1 Å². The SMILES string of the molecule is CC(CN1CCCC1)Nc1cccc(F)c1[N+](=O)[O-]. The van der Waals surface area contributed by atoms with Gasteiger partial charge in [0.2, 0.25) is 5.82 Å². The second-order valence-corrected chi connectivity index (χ2v) is 4.95. The fourth-order valence-corrected chi connectivity index (χ4v) is 2.48. The Kier molecular flexibility index (Phi) is 4.31. The summed E-state index contributed by atoms with van der Waals surface area (Å²) < 4.78 is 13.5. The minimum absolute atomic E-state index is 0.0404. The van der Waals surface area contributed by atoms with Gasteiger partial charge in [-0.05, 0) is 45.0 Å². The predicted octanol–water partition coefficient (Wildman–Crippen LogP) is 2.63. The highest BCUT2D eigenvalue weighted by atomic mass is 19.1. The Morgan fingerprint density at radius 3 is 2.79 bits per heavy atom. The van der Waals surface area contributed by atoms with Crippen LogP contribution in [0.1, 0.15) is 19.8 Å². The molecule has 1 aliphatic heterocycles. The Morgan fingerprint density at radius 1 is 1.47 bits per heavy atom. The summed E-state index contributed by atoms with van der Waals surface area (Å²) >= 11 is 0. The van der Waals surface area contributed by atoms with Crippen LogP contribution >= 0.6 is 0 Å². The number of nitro benzene ring substituents is 1. The number of likely N-dealkylation sites (tertiary alicyclic amines) is 1. The minimum Gasteiger partial charge on any atom is -0.376 e. The summed E-state index contributed by atoms with van der Waals surface area (Å²) in [7, 11) is 0. The standard InChI is InChI=1S/C13H18FN3O2/c1-10(9-16-7-2-3-8-16)15-12-6-4-5-11(14)13(12)17(18)19/h4-6,10,15H,2-3,7-9H2,1H3. The van der Waals surface area contributed by atoms with E-state index in [9.17, 15) is 14.5 Å². The van der Waals surface area contributed by atoms with Gasteiger partial charge in [0, 0.05) is 12.6 Å². The molecule has 19 heavy (non-hydrogen) atoms. The van der Waals surface area contributed by atoms with Gasteiger partial charge in [-0.3, -0.25) is 10.1 Å². The van der Waals surface area contributed by atoms with E-state index in [4.69, 9.17) is 0 Å². The van der Waals surface area contributed by atoms with E-state index in [0.29, 0.717) is 0 Å². The quantitative estimate of drug-likeness (QED) is 0.658. The second kappa shape index (κ2) is 5.97. The fraction of sp³-hybridized carbons (Fsp3) is 0.538. The molecular formula is C13H18FN3O2. The van der Waals surface area contributed by atoms with Crippen LogP contribution in [0.15, 0.2) is 18.2 Å². The molecule has 1 aromatic rings. The van der Waals surface area contributed by atoms with Crippen molar-refractivity contribution in [3.8, 4) is 0 Å². The van der Waals surface area contributed by atoms with Crippen molar-refractivity contribution >= 4 is 11.4 Å². The molecule has 0 bridgehead atoms. The largest absolute Gasteiger partial charge is 0.376 e. The number of hydrogen-bond donors (Lipinski definition) is 1. The van der Waals surface area contributed by atoms with Gasteiger partial charge in [0.05, 0.1) is 4.92 Å². The number of nitrogens with zero attached hydrogens (tertiary/aromatic N) is 2. The van der Waals surface area contributed by atoms with Gasteiger partial charge in [0.1, 0.15) is 5.69 Å². The summed E-state index contributed by atoms with van der Waals surface area (Å²) in [4.78, 5) is 12.5. The third kappa shape index (κ3) is 3.41. The van der Waals surface area contributed by atoms with Gasteiger partial charge in [-0.15, -0.1) is 0 Å². The first-order valence-electron chi connectivity index (χ1n) is 6.49. The summed E-state index contributed by atoms with van der Waals surface area (Å²) in [6.07, 6.45) is 2.40. The van der Waals surface area contributed by atoms with E-state index in [2.05, 4.69) is 10.2 Å². The highest BCUT2D eigenvalue weighted by molar-refractivity contribution is 5.62. The second-order valence-electron chi connectivity index (χ2n) is 4.95. The molecule has 0 radical (unpaired) electrons. The maximum absolute atomic E-state index is 13.5. The van der Waals surface area contributed by atoms with Crippen LogP contribution in [0.5, 0.6) is 0 Å². The molecule has 1 heterocycles. The lowest BCUT2D eigenvalue weighted by Gasteiger charge is -2.21. The molecule has 1 unspecified atom stereocenters. The van der Waals surface area contributed by atoms with Gasteiger partial charge in [0.15, 0.2) is 0 Å². The highest BCUT2D eigenvalue weighted by Gasteiger charge is 2.22. The molecule has 1 saturated heterocycles. The summed E-state index contributed by atoms with van der Waals surface area (Å²) in [5.41, 5.74) is -0.229. The average Bonchev–Trinajstić information content (AvgIpc) is 2.81. The maximum atomic E-state index is 13.5. The third-order valence-electron chi connectivity index (χ3n) is 3.30. The van der Waals surface area contributed by atoms with Crippen LogP contribution < -0.4 is 5.32 Å². The average molecular weight is 267 g/mol.